The van der Waals surface area contributed by atoms with E-state index in [-0.39, 0.29) is 0 Å². The average molecular weight is 172 g/mol. The first kappa shape index (κ1) is 9.28. The van der Waals surface area contributed by atoms with E-state index in [1.807, 2.05) is 0 Å². The molecule has 0 aromatic carbocycles. The van der Waals surface area contributed by atoms with Crippen molar-refractivity contribution in [3.63, 3.8) is 0 Å². The highest BCUT2D eigenvalue weighted by Gasteiger charge is 2.23. The van der Waals surface area contributed by atoms with Gasteiger partial charge in [0.15, 0.2) is 0 Å². The molecule has 0 spiro atoms. The zero-order valence-corrected chi connectivity index (χ0v) is 7.58. The summed E-state index contributed by atoms with van der Waals surface area (Å²) in [5.74, 6) is 6.02. The molecule has 5 heteroatoms. The minimum Gasteiger partial charge on any atom is -0.380 e. The van der Waals surface area contributed by atoms with E-state index < -0.39 is 0 Å². The van der Waals surface area contributed by atoms with E-state index in [1.165, 1.54) is 0 Å². The van der Waals surface area contributed by atoms with E-state index in [1.54, 1.807) is 14.2 Å². The average Bonchev–Trinajstić information content (AvgIpc) is 2.55. The molecule has 1 fully saturated rings. The zero-order valence-electron chi connectivity index (χ0n) is 7.58. The summed E-state index contributed by atoms with van der Waals surface area (Å²) in [6.07, 6.45) is 1.35. The summed E-state index contributed by atoms with van der Waals surface area (Å²) < 4.78 is 5.22. The highest BCUT2D eigenvalue weighted by Crippen LogP contribution is 2.10. The Morgan fingerprint density at radius 3 is 2.92 bits per heavy atom. The number of nitrogens with zero attached hydrogens (tertiary/aromatic N) is 2. The van der Waals surface area contributed by atoms with Crippen molar-refractivity contribution in [3.05, 3.63) is 0 Å². The summed E-state index contributed by atoms with van der Waals surface area (Å²) in [4.78, 5) is 6.09. The van der Waals surface area contributed by atoms with Crippen LogP contribution in [-0.4, -0.2) is 44.2 Å². The molecule has 1 aliphatic heterocycles. The van der Waals surface area contributed by atoms with Crippen molar-refractivity contribution < 1.29 is 4.74 Å². The minimum absolute atomic E-state index is 0.315. The number of hydrazine groups is 1. The van der Waals surface area contributed by atoms with Gasteiger partial charge in [0.2, 0.25) is 5.96 Å². The van der Waals surface area contributed by atoms with Crippen LogP contribution in [0.25, 0.3) is 0 Å². The lowest BCUT2D eigenvalue weighted by Gasteiger charge is -2.18. The van der Waals surface area contributed by atoms with Gasteiger partial charge >= 0.3 is 0 Å². The van der Waals surface area contributed by atoms with E-state index >= 15 is 0 Å². The monoisotopic (exact) mass is 172 g/mol. The molecule has 3 N–H and O–H groups in total. The molecule has 0 bridgehead atoms. The van der Waals surface area contributed by atoms with Crippen molar-refractivity contribution in [1.29, 1.82) is 0 Å². The van der Waals surface area contributed by atoms with Crippen molar-refractivity contribution in [3.8, 4) is 0 Å². The van der Waals surface area contributed by atoms with Gasteiger partial charge in [0.1, 0.15) is 0 Å². The Morgan fingerprint density at radius 2 is 2.50 bits per heavy atom. The maximum atomic E-state index is 5.29. The normalized spacial score (nSPS) is 24.8. The van der Waals surface area contributed by atoms with Crippen LogP contribution in [0.2, 0.25) is 0 Å². The lowest BCUT2D eigenvalue weighted by atomic mass is 10.3. The summed E-state index contributed by atoms with van der Waals surface area (Å²) >= 11 is 0. The zero-order chi connectivity index (χ0) is 8.97. The standard InChI is InChI=1S/C7H16N4O/c1-9-7(10-8)11-4-3-6(5-11)12-2/h6H,3-5,8H2,1-2H3,(H,9,10). The van der Waals surface area contributed by atoms with E-state index in [9.17, 15) is 0 Å². The second-order valence-electron chi connectivity index (χ2n) is 2.78. The van der Waals surface area contributed by atoms with Crippen LogP contribution in [0.1, 0.15) is 6.42 Å². The Labute approximate surface area is 72.6 Å². The van der Waals surface area contributed by atoms with Crippen molar-refractivity contribution in [2.75, 3.05) is 27.2 Å². The third-order valence-corrected chi connectivity index (χ3v) is 2.12. The molecule has 1 aliphatic rings. The summed E-state index contributed by atoms with van der Waals surface area (Å²) in [6.45, 7) is 1.82. The minimum atomic E-state index is 0.315. The first-order valence-electron chi connectivity index (χ1n) is 4.03. The molecule has 0 aromatic heterocycles. The Morgan fingerprint density at radius 1 is 1.75 bits per heavy atom. The number of nitrogens with one attached hydrogen (secondary N) is 1. The molecule has 0 saturated carbocycles. The summed E-state index contributed by atoms with van der Waals surface area (Å²) in [5.41, 5.74) is 2.56. The number of aliphatic imine (C=N–C) groups is 1. The lowest BCUT2D eigenvalue weighted by Crippen LogP contribution is -2.43. The molecule has 0 aromatic rings. The maximum absolute atomic E-state index is 5.29. The Balaban J connectivity index is 2.45. The van der Waals surface area contributed by atoms with Crippen LogP contribution < -0.4 is 11.3 Å². The molecule has 0 aliphatic carbocycles. The third-order valence-electron chi connectivity index (χ3n) is 2.12. The second-order valence-corrected chi connectivity index (χ2v) is 2.78. The number of guanidine groups is 1. The largest absolute Gasteiger partial charge is 0.380 e. The van der Waals surface area contributed by atoms with Crippen molar-refractivity contribution >= 4 is 5.96 Å². The molecule has 1 unspecified atom stereocenters. The molecular weight excluding hydrogens is 156 g/mol. The van der Waals surface area contributed by atoms with Crippen molar-refractivity contribution in [1.82, 2.24) is 10.3 Å². The fourth-order valence-corrected chi connectivity index (χ4v) is 1.41. The number of hydrogen-bond acceptors (Lipinski definition) is 3. The van der Waals surface area contributed by atoms with Crippen LogP contribution >= 0.6 is 0 Å². The molecule has 12 heavy (non-hydrogen) atoms. The van der Waals surface area contributed by atoms with Gasteiger partial charge in [-0.2, -0.15) is 0 Å². The van der Waals surface area contributed by atoms with Gasteiger partial charge in [0.05, 0.1) is 6.10 Å². The molecule has 1 saturated heterocycles. The molecule has 5 nitrogen and oxygen atoms in total. The van der Waals surface area contributed by atoms with Crippen LogP contribution in [0.3, 0.4) is 0 Å². The molecule has 1 rings (SSSR count). The quantitative estimate of drug-likeness (QED) is 0.234. The second kappa shape index (κ2) is 4.27. The fourth-order valence-electron chi connectivity index (χ4n) is 1.41. The smallest absolute Gasteiger partial charge is 0.208 e. The number of rotatable bonds is 1. The van der Waals surface area contributed by atoms with Crippen molar-refractivity contribution in [2.45, 2.75) is 12.5 Å². The van der Waals surface area contributed by atoms with Gasteiger partial charge in [-0.3, -0.25) is 10.4 Å². The Hall–Kier alpha value is -0.810. The number of nitrogens with two attached hydrogens (primary N) is 1. The highest BCUT2D eigenvalue weighted by molar-refractivity contribution is 5.79. The SMILES string of the molecule is CN=C(NN)N1CCC(OC)C1. The Kier molecular flexibility index (Phi) is 3.31. The van der Waals surface area contributed by atoms with Gasteiger partial charge in [-0.05, 0) is 6.42 Å². The summed E-state index contributed by atoms with van der Waals surface area (Å²) in [7, 11) is 3.45. The topological polar surface area (TPSA) is 62.9 Å². The Bertz CT molecular complexity index is 171. The molecule has 1 heterocycles. The van der Waals surface area contributed by atoms with Gasteiger partial charge in [0, 0.05) is 27.2 Å². The van der Waals surface area contributed by atoms with Crippen LogP contribution in [0.15, 0.2) is 4.99 Å². The van der Waals surface area contributed by atoms with Gasteiger partial charge in [-0.25, -0.2) is 5.84 Å². The predicted octanol–water partition coefficient (Wildman–Crippen LogP) is -0.844. The molecule has 0 radical (unpaired) electrons. The fraction of sp³-hybridized carbons (Fsp3) is 0.857. The van der Waals surface area contributed by atoms with E-state index in [0.717, 1.165) is 25.5 Å². The lowest BCUT2D eigenvalue weighted by molar-refractivity contribution is 0.114. The van der Waals surface area contributed by atoms with Crippen LogP contribution in [0.5, 0.6) is 0 Å². The van der Waals surface area contributed by atoms with E-state index in [0.29, 0.717) is 6.10 Å². The van der Waals surface area contributed by atoms with Gasteiger partial charge < -0.3 is 9.64 Å². The number of methoxy groups -OCH3 is 1. The van der Waals surface area contributed by atoms with Crippen LogP contribution in [0.4, 0.5) is 0 Å². The van der Waals surface area contributed by atoms with Crippen molar-refractivity contribution in [2.24, 2.45) is 10.8 Å². The first-order chi connectivity index (χ1) is 5.81. The molecule has 0 amide bonds. The van der Waals surface area contributed by atoms with Crippen LogP contribution in [0, 0.1) is 0 Å². The third kappa shape index (κ3) is 1.86. The first-order valence-corrected chi connectivity index (χ1v) is 4.03. The van der Waals surface area contributed by atoms with Gasteiger partial charge in [-0.1, -0.05) is 0 Å². The number of likely N-dealkylation sites (tertiary alicyclic amines) is 1. The highest BCUT2D eigenvalue weighted by atomic mass is 16.5. The summed E-state index contributed by atoms with van der Waals surface area (Å²) in [6, 6.07) is 0. The van der Waals surface area contributed by atoms with Gasteiger partial charge in [-0.15, -0.1) is 0 Å². The molecule has 70 valence electrons. The molecule has 1 atom stereocenters. The van der Waals surface area contributed by atoms with Gasteiger partial charge in [0.25, 0.3) is 0 Å². The predicted molar refractivity (Wildman–Crippen MR) is 47.7 cm³/mol. The summed E-state index contributed by atoms with van der Waals surface area (Å²) in [5, 5.41) is 0. The van der Waals surface area contributed by atoms with Crippen LogP contribution in [-0.2, 0) is 4.74 Å². The maximum Gasteiger partial charge on any atom is 0.208 e. The molecular formula is C7H16N4O. The number of hydrogen-bond donors (Lipinski definition) is 2. The van der Waals surface area contributed by atoms with E-state index in [2.05, 4.69) is 15.3 Å². The van der Waals surface area contributed by atoms with E-state index in [4.69, 9.17) is 10.6 Å². The number of ether oxygens (including phenoxy) is 1.